The van der Waals surface area contributed by atoms with Crippen LogP contribution in [0.1, 0.15) is 40.2 Å². The van der Waals surface area contributed by atoms with Crippen molar-refractivity contribution in [1.82, 2.24) is 14.5 Å². The summed E-state index contributed by atoms with van der Waals surface area (Å²) < 4.78 is 1.53. The molecule has 2 amide bonds. The number of aromatic nitrogens is 2. The van der Waals surface area contributed by atoms with Gasteiger partial charge in [-0.25, -0.2) is 4.98 Å². The van der Waals surface area contributed by atoms with Crippen molar-refractivity contribution in [3.8, 4) is 5.69 Å². The molecule has 9 heteroatoms. The van der Waals surface area contributed by atoms with E-state index in [0.717, 1.165) is 16.8 Å². The maximum absolute atomic E-state index is 13.8. The maximum Gasteiger partial charge on any atom is 0.267 e. The summed E-state index contributed by atoms with van der Waals surface area (Å²) in [5.41, 5.74) is 3.92. The van der Waals surface area contributed by atoms with Crippen molar-refractivity contribution in [2.45, 2.75) is 39.8 Å². The molecule has 0 bridgehead atoms. The number of benzene rings is 2. The van der Waals surface area contributed by atoms with E-state index in [9.17, 15) is 14.4 Å². The van der Waals surface area contributed by atoms with Gasteiger partial charge in [0.05, 0.1) is 21.7 Å². The highest BCUT2D eigenvalue weighted by atomic mass is 32.2. The van der Waals surface area contributed by atoms with Crippen molar-refractivity contribution in [3.05, 3.63) is 80.5 Å². The molecule has 0 saturated heterocycles. The van der Waals surface area contributed by atoms with Crippen molar-refractivity contribution < 1.29 is 9.59 Å². The molecule has 4 aromatic rings. The van der Waals surface area contributed by atoms with Gasteiger partial charge in [-0.2, -0.15) is 0 Å². The summed E-state index contributed by atoms with van der Waals surface area (Å²) in [6, 6.07) is 15.0. The smallest absolute Gasteiger partial charge is 0.267 e. The van der Waals surface area contributed by atoms with Gasteiger partial charge in [-0.1, -0.05) is 42.1 Å². The number of rotatable bonds is 8. The minimum absolute atomic E-state index is 0.0771. The quantitative estimate of drug-likeness (QED) is 0.235. The van der Waals surface area contributed by atoms with Gasteiger partial charge in [-0.3, -0.25) is 19.0 Å². The van der Waals surface area contributed by atoms with Gasteiger partial charge in [-0.05, 0) is 69.5 Å². The number of amides is 2. The van der Waals surface area contributed by atoms with Crippen LogP contribution in [0.3, 0.4) is 0 Å². The Labute approximate surface area is 224 Å². The molecule has 0 aliphatic heterocycles. The number of nitrogens with one attached hydrogen (secondary N) is 1. The van der Waals surface area contributed by atoms with Crippen LogP contribution < -0.4 is 10.9 Å². The van der Waals surface area contributed by atoms with Crippen LogP contribution in [0.25, 0.3) is 15.9 Å². The van der Waals surface area contributed by atoms with E-state index in [0.29, 0.717) is 44.6 Å². The number of hydrogen-bond acceptors (Lipinski definition) is 6. The van der Waals surface area contributed by atoms with Gasteiger partial charge < -0.3 is 10.2 Å². The standard InChI is InChI=1S/C28H30N4O3S2/c1-6-31(7-2)27(35)24-19(5)23-25(37-24)30-28(32(26(23)34)20-13-9-8-10-14-20)36-16-22(33)29-21-15-11-12-17(3)18(21)4/h8-15H,6-7,16H2,1-5H3,(H,29,33). The van der Waals surface area contributed by atoms with Crippen LogP contribution >= 0.6 is 23.1 Å². The highest BCUT2D eigenvalue weighted by molar-refractivity contribution is 7.99. The Morgan fingerprint density at radius 1 is 1.00 bits per heavy atom. The van der Waals surface area contributed by atoms with Crippen LogP contribution in [0.4, 0.5) is 5.69 Å². The number of aryl methyl sites for hydroxylation is 2. The Morgan fingerprint density at radius 3 is 2.38 bits per heavy atom. The fraction of sp³-hybridized carbons (Fsp3) is 0.286. The van der Waals surface area contributed by atoms with Gasteiger partial charge >= 0.3 is 0 Å². The lowest BCUT2D eigenvalue weighted by molar-refractivity contribution is -0.113. The number of hydrogen-bond donors (Lipinski definition) is 1. The van der Waals surface area contributed by atoms with E-state index >= 15 is 0 Å². The zero-order valence-electron chi connectivity index (χ0n) is 21.6. The molecule has 0 radical (unpaired) electrons. The summed E-state index contributed by atoms with van der Waals surface area (Å²) in [6.07, 6.45) is 0. The topological polar surface area (TPSA) is 84.3 Å². The highest BCUT2D eigenvalue weighted by Gasteiger charge is 2.24. The van der Waals surface area contributed by atoms with Crippen LogP contribution in [0, 0.1) is 20.8 Å². The van der Waals surface area contributed by atoms with Gasteiger partial charge in [0, 0.05) is 18.8 Å². The third kappa shape index (κ3) is 5.33. The predicted molar refractivity (Wildman–Crippen MR) is 152 cm³/mol. The average molecular weight is 535 g/mol. The third-order valence-corrected chi connectivity index (χ3v) is 8.52. The van der Waals surface area contributed by atoms with Gasteiger partial charge in [0.25, 0.3) is 11.5 Å². The van der Waals surface area contributed by atoms with Crippen LogP contribution in [0.2, 0.25) is 0 Å². The van der Waals surface area contributed by atoms with E-state index in [1.165, 1.54) is 27.7 Å². The zero-order valence-corrected chi connectivity index (χ0v) is 23.3. The third-order valence-electron chi connectivity index (χ3n) is 6.40. The number of para-hydroxylation sites is 1. The van der Waals surface area contributed by atoms with Crippen LogP contribution in [0.15, 0.2) is 58.5 Å². The second kappa shape index (κ2) is 11.3. The first kappa shape index (κ1) is 26.6. The second-order valence-corrected chi connectivity index (χ2v) is 10.6. The summed E-state index contributed by atoms with van der Waals surface area (Å²) in [5, 5.41) is 3.81. The Balaban J connectivity index is 1.74. The molecule has 0 spiro atoms. The molecule has 4 rings (SSSR count). The van der Waals surface area contributed by atoms with Gasteiger partial charge in [0.2, 0.25) is 5.91 Å². The summed E-state index contributed by atoms with van der Waals surface area (Å²) in [5.74, 6) is -0.209. The zero-order chi connectivity index (χ0) is 26.7. The number of thiophene rings is 1. The maximum atomic E-state index is 13.8. The molecular formula is C28H30N4O3S2. The molecule has 1 N–H and O–H groups in total. The molecule has 0 saturated carbocycles. The van der Waals surface area contributed by atoms with Crippen LogP contribution in [-0.2, 0) is 4.79 Å². The molecule has 2 aromatic heterocycles. The molecule has 0 atom stereocenters. The molecule has 2 heterocycles. The predicted octanol–water partition coefficient (Wildman–Crippen LogP) is 5.59. The van der Waals surface area contributed by atoms with Gasteiger partial charge in [0.1, 0.15) is 4.83 Å². The van der Waals surface area contributed by atoms with E-state index in [4.69, 9.17) is 4.98 Å². The van der Waals surface area contributed by atoms with Crippen molar-refractivity contribution >= 4 is 50.8 Å². The SMILES string of the molecule is CCN(CC)C(=O)c1sc2nc(SCC(=O)Nc3cccc(C)c3C)n(-c3ccccc3)c(=O)c2c1C. The molecule has 2 aromatic carbocycles. The van der Waals surface area contributed by atoms with E-state index in [1.807, 2.05) is 76.2 Å². The van der Waals surface area contributed by atoms with E-state index in [2.05, 4.69) is 5.32 Å². The lowest BCUT2D eigenvalue weighted by Gasteiger charge is -2.17. The summed E-state index contributed by atoms with van der Waals surface area (Å²) in [6.45, 7) is 10.8. The van der Waals surface area contributed by atoms with Crippen LogP contribution in [-0.4, -0.2) is 45.1 Å². The number of carbonyl (C=O) groups is 2. The van der Waals surface area contributed by atoms with Crippen molar-refractivity contribution in [3.63, 3.8) is 0 Å². The molecule has 0 aliphatic rings. The molecule has 192 valence electrons. The first-order valence-electron chi connectivity index (χ1n) is 12.2. The Morgan fingerprint density at radius 2 is 1.70 bits per heavy atom. The first-order valence-corrected chi connectivity index (χ1v) is 14.0. The molecule has 0 fully saturated rings. The number of fused-ring (bicyclic) bond motifs is 1. The number of carbonyl (C=O) groups excluding carboxylic acids is 2. The van der Waals surface area contributed by atoms with Crippen molar-refractivity contribution in [2.75, 3.05) is 24.2 Å². The number of anilines is 1. The average Bonchev–Trinajstić information content (AvgIpc) is 3.23. The van der Waals surface area contributed by atoms with E-state index in [-0.39, 0.29) is 23.1 Å². The summed E-state index contributed by atoms with van der Waals surface area (Å²) in [4.78, 5) is 47.4. The minimum atomic E-state index is -0.249. The monoisotopic (exact) mass is 534 g/mol. The van der Waals surface area contributed by atoms with Gasteiger partial charge in [-0.15, -0.1) is 11.3 Å². The second-order valence-electron chi connectivity index (χ2n) is 8.67. The number of nitrogens with zero attached hydrogens (tertiary/aromatic N) is 3. The summed E-state index contributed by atoms with van der Waals surface area (Å²) >= 11 is 2.43. The normalized spacial score (nSPS) is 11.1. The van der Waals surface area contributed by atoms with Gasteiger partial charge in [0.15, 0.2) is 5.16 Å². The van der Waals surface area contributed by atoms with E-state index in [1.54, 1.807) is 11.8 Å². The summed E-state index contributed by atoms with van der Waals surface area (Å²) in [7, 11) is 0. The molecule has 7 nitrogen and oxygen atoms in total. The van der Waals surface area contributed by atoms with Crippen LogP contribution in [0.5, 0.6) is 0 Å². The Bertz CT molecular complexity index is 1520. The highest BCUT2D eigenvalue weighted by Crippen LogP contribution is 2.31. The largest absolute Gasteiger partial charge is 0.338 e. The molecular weight excluding hydrogens is 504 g/mol. The Kier molecular flexibility index (Phi) is 8.14. The Hall–Kier alpha value is -3.43. The molecule has 0 unspecified atom stereocenters. The fourth-order valence-electron chi connectivity index (χ4n) is 4.13. The first-order chi connectivity index (χ1) is 17.8. The van der Waals surface area contributed by atoms with Crippen molar-refractivity contribution in [2.24, 2.45) is 0 Å². The van der Waals surface area contributed by atoms with E-state index < -0.39 is 0 Å². The lowest BCUT2D eigenvalue weighted by Crippen LogP contribution is -2.30. The van der Waals surface area contributed by atoms with Crippen molar-refractivity contribution in [1.29, 1.82) is 0 Å². The molecule has 37 heavy (non-hydrogen) atoms. The number of thioether (sulfide) groups is 1. The lowest BCUT2D eigenvalue weighted by atomic mass is 10.1. The molecule has 0 aliphatic carbocycles. The fourth-order valence-corrected chi connectivity index (χ4v) is 6.13. The minimum Gasteiger partial charge on any atom is -0.338 e.